The molecule has 0 amide bonds. The van der Waals surface area contributed by atoms with Crippen LogP contribution in [0.25, 0.3) is 0 Å². The van der Waals surface area contributed by atoms with Crippen LogP contribution < -0.4 is 0 Å². The van der Waals surface area contributed by atoms with Gasteiger partial charge in [-0.3, -0.25) is 9.78 Å². The van der Waals surface area contributed by atoms with Gasteiger partial charge >= 0.3 is 5.97 Å². The highest BCUT2D eigenvalue weighted by molar-refractivity contribution is 5.66. The number of rotatable bonds is 2. The van der Waals surface area contributed by atoms with E-state index in [1.807, 2.05) is 0 Å². The molecular weight excluding hydrogens is 170 g/mol. The van der Waals surface area contributed by atoms with Gasteiger partial charge < -0.3 is 9.84 Å². The third kappa shape index (κ3) is 2.43. The Kier molecular flexibility index (Phi) is 2.84. The minimum atomic E-state index is -0.367. The zero-order chi connectivity index (χ0) is 9.84. The average Bonchev–Trinajstić information content (AvgIpc) is 2.07. The molecule has 0 aliphatic carbocycles. The van der Waals surface area contributed by atoms with Crippen LogP contribution >= 0.6 is 0 Å². The van der Waals surface area contributed by atoms with Gasteiger partial charge in [0.25, 0.3) is 0 Å². The molecule has 4 heteroatoms. The van der Waals surface area contributed by atoms with E-state index in [-0.39, 0.29) is 18.3 Å². The summed E-state index contributed by atoms with van der Waals surface area (Å²) in [4.78, 5) is 14.4. The zero-order valence-electron chi connectivity index (χ0n) is 7.57. The lowest BCUT2D eigenvalue weighted by atomic mass is 10.2. The molecular formula is C9H11NO3. The number of carbonyl (C=O) groups excluding carboxylic acids is 1. The number of ether oxygens (including phenoxy) is 1. The van der Waals surface area contributed by atoms with Gasteiger partial charge in [-0.2, -0.15) is 0 Å². The van der Waals surface area contributed by atoms with Crippen LogP contribution in [0.1, 0.15) is 18.2 Å². The molecule has 0 aliphatic rings. The minimum absolute atomic E-state index is 0.0868. The lowest BCUT2D eigenvalue weighted by Gasteiger charge is -2.05. The fourth-order valence-electron chi connectivity index (χ4n) is 0.907. The lowest BCUT2D eigenvalue weighted by molar-refractivity contribution is -0.142. The number of pyridine rings is 1. The molecule has 0 aliphatic heterocycles. The van der Waals surface area contributed by atoms with E-state index in [2.05, 4.69) is 4.98 Å². The molecule has 0 aromatic carbocycles. The molecule has 13 heavy (non-hydrogen) atoms. The molecule has 1 N–H and O–H groups in total. The summed E-state index contributed by atoms with van der Waals surface area (Å²) in [5.41, 5.74) is 1.10. The highest BCUT2D eigenvalue weighted by Crippen LogP contribution is 2.19. The number of aryl methyl sites for hydroxylation is 1. The first-order valence-electron chi connectivity index (χ1n) is 3.88. The molecule has 70 valence electrons. The van der Waals surface area contributed by atoms with Gasteiger partial charge in [-0.25, -0.2) is 0 Å². The fourth-order valence-corrected chi connectivity index (χ4v) is 0.907. The zero-order valence-corrected chi connectivity index (χ0v) is 7.57. The third-order valence-electron chi connectivity index (χ3n) is 1.62. The maximum Gasteiger partial charge on any atom is 0.302 e. The number of aromatic hydroxyl groups is 1. The second kappa shape index (κ2) is 3.89. The van der Waals surface area contributed by atoms with Crippen LogP contribution in [0.3, 0.4) is 0 Å². The van der Waals surface area contributed by atoms with Crippen LogP contribution in [0.4, 0.5) is 0 Å². The van der Waals surface area contributed by atoms with E-state index in [9.17, 15) is 9.90 Å². The van der Waals surface area contributed by atoms with E-state index >= 15 is 0 Å². The number of hydrogen-bond donors (Lipinski definition) is 1. The highest BCUT2D eigenvalue weighted by Gasteiger charge is 2.05. The number of aromatic nitrogens is 1. The summed E-state index contributed by atoms with van der Waals surface area (Å²) in [5.74, 6) is -0.280. The smallest absolute Gasteiger partial charge is 0.302 e. The van der Waals surface area contributed by atoms with Crippen molar-refractivity contribution >= 4 is 5.97 Å². The van der Waals surface area contributed by atoms with Crippen LogP contribution in [-0.4, -0.2) is 16.1 Å². The molecule has 0 bridgehead atoms. The van der Waals surface area contributed by atoms with E-state index in [0.717, 1.165) is 0 Å². The van der Waals surface area contributed by atoms with Crippen LogP contribution in [0.2, 0.25) is 0 Å². The summed E-state index contributed by atoms with van der Waals surface area (Å²) < 4.78 is 4.74. The summed E-state index contributed by atoms with van der Waals surface area (Å²) in [6, 6.07) is 1.62. The summed E-state index contributed by atoms with van der Waals surface area (Å²) >= 11 is 0. The first-order chi connectivity index (χ1) is 6.11. The Balaban J connectivity index is 2.77. The predicted octanol–water partition coefficient (Wildman–Crippen LogP) is 1.16. The Morgan fingerprint density at radius 3 is 3.00 bits per heavy atom. The second-order valence-corrected chi connectivity index (χ2v) is 2.68. The van der Waals surface area contributed by atoms with Crippen molar-refractivity contribution in [3.8, 4) is 5.75 Å². The topological polar surface area (TPSA) is 59.4 Å². The first-order valence-corrected chi connectivity index (χ1v) is 3.88. The SMILES string of the molecule is CC(=O)OCc1ccnc(C)c1O. The molecule has 1 heterocycles. The van der Waals surface area contributed by atoms with Gasteiger partial charge in [-0.05, 0) is 13.0 Å². The van der Waals surface area contributed by atoms with Crippen molar-refractivity contribution in [1.29, 1.82) is 0 Å². The summed E-state index contributed by atoms with van der Waals surface area (Å²) in [7, 11) is 0. The Hall–Kier alpha value is -1.58. The predicted molar refractivity (Wildman–Crippen MR) is 46.1 cm³/mol. The van der Waals surface area contributed by atoms with Gasteiger partial charge in [-0.1, -0.05) is 0 Å². The van der Waals surface area contributed by atoms with Crippen molar-refractivity contribution in [1.82, 2.24) is 4.98 Å². The van der Waals surface area contributed by atoms with Gasteiger partial charge in [0.2, 0.25) is 0 Å². The van der Waals surface area contributed by atoms with Gasteiger partial charge in [0.05, 0.1) is 5.69 Å². The Labute approximate surface area is 76.2 Å². The summed E-state index contributed by atoms with van der Waals surface area (Å²) in [6.07, 6.45) is 1.56. The number of hydrogen-bond acceptors (Lipinski definition) is 4. The number of carbonyl (C=O) groups is 1. The monoisotopic (exact) mass is 181 g/mol. The Bertz CT molecular complexity index is 323. The van der Waals surface area contributed by atoms with Crippen molar-refractivity contribution in [2.75, 3.05) is 0 Å². The minimum Gasteiger partial charge on any atom is -0.506 e. The molecule has 1 aromatic heterocycles. The van der Waals surface area contributed by atoms with E-state index in [1.54, 1.807) is 19.2 Å². The van der Waals surface area contributed by atoms with Crippen molar-refractivity contribution in [3.05, 3.63) is 23.5 Å². The van der Waals surface area contributed by atoms with Crippen LogP contribution in [0.15, 0.2) is 12.3 Å². The van der Waals surface area contributed by atoms with Crippen LogP contribution in [0, 0.1) is 6.92 Å². The molecule has 4 nitrogen and oxygen atoms in total. The van der Waals surface area contributed by atoms with E-state index in [1.165, 1.54) is 6.92 Å². The number of esters is 1. The maximum atomic E-state index is 10.5. The molecule has 0 atom stereocenters. The third-order valence-corrected chi connectivity index (χ3v) is 1.62. The van der Waals surface area contributed by atoms with Crippen molar-refractivity contribution in [2.45, 2.75) is 20.5 Å². The quantitative estimate of drug-likeness (QED) is 0.695. The molecule has 0 unspecified atom stereocenters. The van der Waals surface area contributed by atoms with Gasteiger partial charge in [-0.15, -0.1) is 0 Å². The lowest BCUT2D eigenvalue weighted by Crippen LogP contribution is -1.99. The highest BCUT2D eigenvalue weighted by atomic mass is 16.5. The maximum absolute atomic E-state index is 10.5. The summed E-state index contributed by atoms with van der Waals surface area (Å²) in [5, 5.41) is 9.46. The van der Waals surface area contributed by atoms with Crippen LogP contribution in [-0.2, 0) is 16.1 Å². The van der Waals surface area contributed by atoms with Crippen molar-refractivity contribution in [2.24, 2.45) is 0 Å². The van der Waals surface area contributed by atoms with E-state index in [4.69, 9.17) is 4.74 Å². The summed E-state index contributed by atoms with van der Waals surface area (Å²) in [6.45, 7) is 3.10. The molecule has 0 fully saturated rings. The van der Waals surface area contributed by atoms with Gasteiger partial charge in [0.1, 0.15) is 12.4 Å². The molecule has 1 rings (SSSR count). The van der Waals surface area contributed by atoms with Crippen molar-refractivity contribution < 1.29 is 14.6 Å². The number of nitrogens with zero attached hydrogens (tertiary/aromatic N) is 1. The van der Waals surface area contributed by atoms with Crippen LogP contribution in [0.5, 0.6) is 5.75 Å². The fraction of sp³-hybridized carbons (Fsp3) is 0.333. The van der Waals surface area contributed by atoms with Gasteiger partial charge in [0, 0.05) is 18.7 Å². The standard InChI is InChI=1S/C9H11NO3/c1-6-9(12)8(3-4-10-6)5-13-7(2)11/h3-4,12H,5H2,1-2H3. The normalized spacial score (nSPS) is 9.69. The first kappa shape index (κ1) is 9.51. The molecule has 1 aromatic rings. The molecule has 0 saturated carbocycles. The van der Waals surface area contributed by atoms with Gasteiger partial charge in [0.15, 0.2) is 0 Å². The molecule has 0 spiro atoms. The van der Waals surface area contributed by atoms with E-state index in [0.29, 0.717) is 11.3 Å². The van der Waals surface area contributed by atoms with E-state index < -0.39 is 0 Å². The molecule has 0 radical (unpaired) electrons. The second-order valence-electron chi connectivity index (χ2n) is 2.68. The molecule has 0 saturated heterocycles. The average molecular weight is 181 g/mol. The Morgan fingerprint density at radius 1 is 1.69 bits per heavy atom. The van der Waals surface area contributed by atoms with Crippen molar-refractivity contribution in [3.63, 3.8) is 0 Å². The Morgan fingerprint density at radius 2 is 2.38 bits per heavy atom. The largest absolute Gasteiger partial charge is 0.506 e.